The number of ether oxygens (including phenoxy) is 2. The second-order valence-corrected chi connectivity index (χ2v) is 11.0. The SMILES string of the molecule is CCCCCC/C=C\CCCCCCCC(=O)OC(COC(=O)CCCC)COP(=O)(O)OCC(N)C(=O)O. The largest absolute Gasteiger partial charge is 0.480 e. The number of hydrogen-bond donors (Lipinski definition) is 3. The van der Waals surface area contributed by atoms with Crippen LogP contribution in [-0.2, 0) is 37.5 Å². The highest BCUT2D eigenvalue weighted by Gasteiger charge is 2.28. The maximum absolute atomic E-state index is 12.3. The minimum atomic E-state index is -4.68. The standard InChI is InChI=1S/C27H50NO10P/c1-3-5-7-8-9-10-11-12-13-14-15-16-17-19-26(30)38-23(20-35-25(29)18-6-4-2)21-36-39(33,34)37-22-24(28)27(31)32/h10-11,23-24H,3-9,12-22,28H2,1-2H3,(H,31,32)(H,33,34)/b11-10-. The Balaban J connectivity index is 4.39. The van der Waals surface area contributed by atoms with E-state index in [9.17, 15) is 23.8 Å². The highest BCUT2D eigenvalue weighted by atomic mass is 31.2. The number of phosphoric acid groups is 1. The zero-order chi connectivity index (χ0) is 29.4. The van der Waals surface area contributed by atoms with Gasteiger partial charge in [0, 0.05) is 12.8 Å². The Labute approximate surface area is 233 Å². The van der Waals surface area contributed by atoms with E-state index >= 15 is 0 Å². The highest BCUT2D eigenvalue weighted by molar-refractivity contribution is 7.47. The molecule has 12 heteroatoms. The van der Waals surface area contributed by atoms with Crippen molar-refractivity contribution in [1.29, 1.82) is 0 Å². The summed E-state index contributed by atoms with van der Waals surface area (Å²) in [6.45, 7) is 2.44. The summed E-state index contributed by atoms with van der Waals surface area (Å²) in [5.74, 6) is -2.44. The minimum Gasteiger partial charge on any atom is -0.480 e. The summed E-state index contributed by atoms with van der Waals surface area (Å²) in [5, 5.41) is 8.75. The lowest BCUT2D eigenvalue weighted by atomic mass is 10.1. The molecule has 0 aromatic carbocycles. The second-order valence-electron chi connectivity index (χ2n) is 9.53. The van der Waals surface area contributed by atoms with Crippen LogP contribution in [0.3, 0.4) is 0 Å². The number of carbonyl (C=O) groups is 3. The number of aliphatic carboxylic acids is 1. The average Bonchev–Trinajstić information content (AvgIpc) is 2.90. The topological polar surface area (TPSA) is 172 Å². The molecule has 3 unspecified atom stereocenters. The number of rotatable bonds is 26. The van der Waals surface area contributed by atoms with Gasteiger partial charge in [-0.3, -0.25) is 23.4 Å². The molecule has 0 spiro atoms. The van der Waals surface area contributed by atoms with Gasteiger partial charge in [0.05, 0.1) is 13.2 Å². The molecular weight excluding hydrogens is 529 g/mol. The lowest BCUT2D eigenvalue weighted by Gasteiger charge is -2.20. The van der Waals surface area contributed by atoms with Gasteiger partial charge in [0.2, 0.25) is 0 Å². The quantitative estimate of drug-likeness (QED) is 0.0516. The van der Waals surface area contributed by atoms with Crippen LogP contribution in [0.4, 0.5) is 0 Å². The molecule has 0 aliphatic rings. The number of carbonyl (C=O) groups excluding carboxylic acids is 2. The molecule has 0 aliphatic carbocycles. The molecule has 4 N–H and O–H groups in total. The normalized spacial score (nSPS) is 14.6. The first-order valence-corrected chi connectivity index (χ1v) is 15.7. The fraction of sp³-hybridized carbons (Fsp3) is 0.815. The van der Waals surface area contributed by atoms with Crippen LogP contribution in [0, 0.1) is 0 Å². The van der Waals surface area contributed by atoms with Crippen LogP contribution in [0.15, 0.2) is 12.2 Å². The third-order valence-electron chi connectivity index (χ3n) is 5.76. The zero-order valence-corrected chi connectivity index (χ0v) is 24.6. The summed E-state index contributed by atoms with van der Waals surface area (Å²) in [6, 6.07) is -1.51. The number of nitrogens with two attached hydrogens (primary N) is 1. The Morgan fingerprint density at radius 2 is 1.31 bits per heavy atom. The molecule has 0 aromatic heterocycles. The smallest absolute Gasteiger partial charge is 0.472 e. The van der Waals surface area contributed by atoms with Gasteiger partial charge in [-0.1, -0.05) is 70.9 Å². The lowest BCUT2D eigenvalue weighted by Crippen LogP contribution is -2.34. The number of unbranched alkanes of at least 4 members (excludes halogenated alkanes) is 10. The van der Waals surface area contributed by atoms with Gasteiger partial charge < -0.3 is 25.2 Å². The molecule has 3 atom stereocenters. The summed E-state index contributed by atoms with van der Waals surface area (Å²) < 4.78 is 31.9. The van der Waals surface area contributed by atoms with E-state index in [0.29, 0.717) is 12.8 Å². The van der Waals surface area contributed by atoms with Crippen molar-refractivity contribution in [3.8, 4) is 0 Å². The van der Waals surface area contributed by atoms with E-state index < -0.39 is 51.1 Å². The van der Waals surface area contributed by atoms with E-state index in [-0.39, 0.29) is 19.4 Å². The molecule has 0 fully saturated rings. The molecule has 228 valence electrons. The van der Waals surface area contributed by atoms with E-state index in [1.807, 2.05) is 6.92 Å². The fourth-order valence-electron chi connectivity index (χ4n) is 3.39. The predicted molar refractivity (Wildman–Crippen MR) is 148 cm³/mol. The molecule has 0 amide bonds. The molecular formula is C27H50NO10P. The van der Waals surface area contributed by atoms with Crippen molar-refractivity contribution in [2.75, 3.05) is 19.8 Å². The van der Waals surface area contributed by atoms with Crippen molar-refractivity contribution in [2.24, 2.45) is 5.73 Å². The number of esters is 2. The van der Waals surface area contributed by atoms with Crippen molar-refractivity contribution in [2.45, 2.75) is 122 Å². The van der Waals surface area contributed by atoms with Crippen molar-refractivity contribution < 1.29 is 47.5 Å². The van der Waals surface area contributed by atoms with Crippen LogP contribution in [-0.4, -0.2) is 59.9 Å². The maximum Gasteiger partial charge on any atom is 0.472 e. The Morgan fingerprint density at radius 1 is 0.769 bits per heavy atom. The van der Waals surface area contributed by atoms with Crippen LogP contribution < -0.4 is 5.73 Å². The van der Waals surface area contributed by atoms with Gasteiger partial charge in [-0.15, -0.1) is 0 Å². The van der Waals surface area contributed by atoms with Crippen LogP contribution in [0.1, 0.15) is 110 Å². The Kier molecular flexibility index (Phi) is 23.0. The average molecular weight is 580 g/mol. The fourth-order valence-corrected chi connectivity index (χ4v) is 4.17. The third kappa shape index (κ3) is 23.8. The maximum atomic E-state index is 12.3. The van der Waals surface area contributed by atoms with E-state index in [1.54, 1.807) is 0 Å². The van der Waals surface area contributed by atoms with Gasteiger partial charge in [0.25, 0.3) is 0 Å². The molecule has 0 bridgehead atoms. The first kappa shape index (κ1) is 37.2. The Bertz CT molecular complexity index is 746. The Morgan fingerprint density at radius 3 is 1.92 bits per heavy atom. The summed E-state index contributed by atoms with van der Waals surface area (Å²) in [7, 11) is -4.68. The second kappa shape index (κ2) is 24.1. The summed E-state index contributed by atoms with van der Waals surface area (Å²) in [4.78, 5) is 44.7. The van der Waals surface area contributed by atoms with Gasteiger partial charge >= 0.3 is 25.7 Å². The molecule has 0 heterocycles. The molecule has 0 aliphatic heterocycles. The van der Waals surface area contributed by atoms with Crippen molar-refractivity contribution in [3.05, 3.63) is 12.2 Å². The third-order valence-corrected chi connectivity index (χ3v) is 6.71. The van der Waals surface area contributed by atoms with Crippen LogP contribution in [0.2, 0.25) is 0 Å². The molecule has 0 saturated carbocycles. The van der Waals surface area contributed by atoms with Crippen molar-refractivity contribution in [3.63, 3.8) is 0 Å². The molecule has 11 nitrogen and oxygen atoms in total. The van der Waals surface area contributed by atoms with E-state index in [4.69, 9.17) is 24.8 Å². The number of carboxylic acids is 1. The summed E-state index contributed by atoms with van der Waals surface area (Å²) in [6.07, 6.45) is 17.2. The summed E-state index contributed by atoms with van der Waals surface area (Å²) >= 11 is 0. The first-order valence-electron chi connectivity index (χ1n) is 14.2. The van der Waals surface area contributed by atoms with Crippen molar-refractivity contribution >= 4 is 25.7 Å². The van der Waals surface area contributed by atoms with Gasteiger partial charge in [0.1, 0.15) is 12.6 Å². The van der Waals surface area contributed by atoms with Crippen molar-refractivity contribution in [1.82, 2.24) is 0 Å². The van der Waals surface area contributed by atoms with Gasteiger partial charge in [-0.05, 0) is 38.5 Å². The van der Waals surface area contributed by atoms with Gasteiger partial charge in [-0.25, -0.2) is 4.57 Å². The number of hydrogen-bond acceptors (Lipinski definition) is 9. The van der Waals surface area contributed by atoms with Crippen LogP contribution in [0.25, 0.3) is 0 Å². The molecule has 39 heavy (non-hydrogen) atoms. The molecule has 0 aromatic rings. The van der Waals surface area contributed by atoms with E-state index in [1.165, 1.54) is 25.7 Å². The molecule has 0 radical (unpaired) electrons. The van der Waals surface area contributed by atoms with E-state index in [2.05, 4.69) is 23.6 Å². The van der Waals surface area contributed by atoms with Gasteiger partial charge in [-0.2, -0.15) is 0 Å². The van der Waals surface area contributed by atoms with Crippen LogP contribution >= 0.6 is 7.82 Å². The first-order chi connectivity index (χ1) is 18.6. The molecule has 0 saturated heterocycles. The van der Waals surface area contributed by atoms with E-state index in [0.717, 1.165) is 44.9 Å². The molecule has 0 rings (SSSR count). The number of carboxylic acid groups (broad SMARTS) is 1. The zero-order valence-electron chi connectivity index (χ0n) is 23.7. The minimum absolute atomic E-state index is 0.151. The lowest BCUT2D eigenvalue weighted by molar-refractivity contribution is -0.161. The highest BCUT2D eigenvalue weighted by Crippen LogP contribution is 2.43. The monoisotopic (exact) mass is 579 g/mol. The predicted octanol–water partition coefficient (Wildman–Crippen LogP) is 5.43. The van der Waals surface area contributed by atoms with Crippen LogP contribution in [0.5, 0.6) is 0 Å². The number of allylic oxidation sites excluding steroid dienone is 2. The number of phosphoric ester groups is 1. The van der Waals surface area contributed by atoms with Gasteiger partial charge in [0.15, 0.2) is 6.10 Å². The Hall–Kier alpha value is -1.78. The summed E-state index contributed by atoms with van der Waals surface area (Å²) in [5.41, 5.74) is 5.25.